The molecule has 0 saturated carbocycles. The minimum absolute atomic E-state index is 0.0427. The number of amides is 1. The summed E-state index contributed by atoms with van der Waals surface area (Å²) >= 11 is 0. The summed E-state index contributed by atoms with van der Waals surface area (Å²) in [5, 5.41) is 48.2. The van der Waals surface area contributed by atoms with Crippen LogP contribution in [0.1, 0.15) is 29.5 Å². The number of nitrogens with zero attached hydrogens (tertiary/aromatic N) is 3. The second kappa shape index (κ2) is 11.6. The minimum atomic E-state index is -1.36. The van der Waals surface area contributed by atoms with Gasteiger partial charge < -0.3 is 36.4 Å². The highest BCUT2D eigenvalue weighted by atomic mass is 16.3. The monoisotopic (exact) mass is 565 g/mol. The third kappa shape index (κ3) is 5.61. The Labute approximate surface area is 237 Å². The van der Waals surface area contributed by atoms with E-state index in [2.05, 4.69) is 10.3 Å². The van der Waals surface area contributed by atoms with Crippen LogP contribution in [-0.2, 0) is 27.3 Å². The van der Waals surface area contributed by atoms with Crippen molar-refractivity contribution in [2.75, 3.05) is 38.4 Å². The van der Waals surface area contributed by atoms with Crippen LogP contribution >= 0.6 is 0 Å². The Morgan fingerprint density at radius 3 is 2.44 bits per heavy atom. The maximum Gasteiger partial charge on any atom is 0.255 e. The van der Waals surface area contributed by atoms with Crippen LogP contribution < -0.4 is 16.0 Å². The van der Waals surface area contributed by atoms with Crippen molar-refractivity contribution in [1.82, 2.24) is 9.88 Å². The van der Waals surface area contributed by atoms with Crippen molar-refractivity contribution in [3.05, 3.63) is 64.2 Å². The van der Waals surface area contributed by atoms with Crippen molar-refractivity contribution in [2.24, 2.45) is 11.7 Å². The molecule has 0 saturated heterocycles. The molecule has 0 aliphatic heterocycles. The highest BCUT2D eigenvalue weighted by Crippen LogP contribution is 2.48. The first kappa shape index (κ1) is 29.6. The van der Waals surface area contributed by atoms with Gasteiger partial charge >= 0.3 is 0 Å². The van der Waals surface area contributed by atoms with Gasteiger partial charge in [0.2, 0.25) is 0 Å². The normalized spacial score (nSPS) is 23.2. The number of likely N-dealkylation sites (N-methyl/N-ethyl adjacent to an activating group) is 1. The van der Waals surface area contributed by atoms with Crippen LogP contribution in [0.2, 0.25) is 0 Å². The summed E-state index contributed by atoms with van der Waals surface area (Å²) in [5.41, 5.74) is 6.89. The Hall–Kier alpha value is -4.42. The Balaban J connectivity index is 1.87. The molecule has 0 bridgehead atoms. The lowest BCUT2D eigenvalue weighted by molar-refractivity contribution is -0.125. The van der Waals surface area contributed by atoms with E-state index >= 15 is 0 Å². The fraction of sp³-hybridized carbons (Fsp3) is 0.379. The van der Waals surface area contributed by atoms with E-state index in [-0.39, 0.29) is 29.7 Å². The van der Waals surface area contributed by atoms with Crippen LogP contribution in [0, 0.1) is 5.92 Å². The first-order valence-corrected chi connectivity index (χ1v) is 13.1. The number of Topliss-reactive ketones (excluding diaryl/α,β-unsaturated/α-hetero) is 2. The number of anilines is 2. The number of aliphatic hydroxyl groups is 3. The number of carbonyl (C=O) groups excluding carboxylic acids is 3. The van der Waals surface area contributed by atoms with Crippen LogP contribution in [0.15, 0.2) is 47.5 Å². The molecule has 7 N–H and O–H groups in total. The van der Waals surface area contributed by atoms with Gasteiger partial charge in [-0.2, -0.15) is 0 Å². The maximum absolute atomic E-state index is 13.5. The number of aromatic nitrogens is 1. The average molecular weight is 566 g/mol. The molecule has 1 heterocycles. The van der Waals surface area contributed by atoms with Gasteiger partial charge in [-0.3, -0.25) is 24.3 Å². The predicted octanol–water partition coefficient (Wildman–Crippen LogP) is 1.43. The number of carbonyl (C=O) groups is 3. The van der Waals surface area contributed by atoms with E-state index in [0.29, 0.717) is 23.5 Å². The van der Waals surface area contributed by atoms with E-state index in [4.69, 9.17) is 5.73 Å². The number of aromatic hydroxyl groups is 1. The number of benzene rings is 1. The molecule has 0 fully saturated rings. The SMILES string of the molecule is CN(C)c1cc(NCc2cccnc2)c(O)c2c1C[C@H]1C[C@H](O)C(N(C)C)/C(O)=C(/C(N)=O)C(=O)CC(=O)C1=C2O. The third-order valence-electron chi connectivity index (χ3n) is 7.55. The van der Waals surface area contributed by atoms with Gasteiger partial charge in [-0.1, -0.05) is 6.07 Å². The number of primary amides is 1. The van der Waals surface area contributed by atoms with Gasteiger partial charge in [0, 0.05) is 44.3 Å². The van der Waals surface area contributed by atoms with Crippen molar-refractivity contribution in [3.8, 4) is 5.75 Å². The molecule has 2 aliphatic carbocycles. The van der Waals surface area contributed by atoms with Crippen LogP contribution in [0.5, 0.6) is 5.75 Å². The number of pyridine rings is 1. The quantitative estimate of drug-likeness (QED) is 0.169. The van der Waals surface area contributed by atoms with E-state index in [9.17, 15) is 34.8 Å². The van der Waals surface area contributed by atoms with Gasteiger partial charge in [0.25, 0.3) is 5.91 Å². The molecular formula is C29H35N5O7. The Bertz CT molecular complexity index is 1450. The number of allylic oxidation sites excluding steroid dienone is 1. The predicted molar refractivity (Wildman–Crippen MR) is 152 cm³/mol. The lowest BCUT2D eigenvalue weighted by atomic mass is 9.74. The standard InChI is InChI=1S/C29H35N5O7/c1-33(2)18-10-17(32-13-14-6-5-7-31-12-14)26(38)23-16(18)8-15-9-21(37)25(34(3)4)28(40)24(29(30)41)20(36)11-19(35)22(15)27(23)39/h5-7,10,12,15,21,25,32,37-40H,8-9,11,13H2,1-4H3,(H2,30,41)/b28-24-/t15-,21-,25?/m0/s1. The summed E-state index contributed by atoms with van der Waals surface area (Å²) in [6, 6.07) is 4.20. The first-order chi connectivity index (χ1) is 19.3. The molecule has 218 valence electrons. The summed E-state index contributed by atoms with van der Waals surface area (Å²) < 4.78 is 0. The smallest absolute Gasteiger partial charge is 0.255 e. The van der Waals surface area contributed by atoms with E-state index < -0.39 is 59.0 Å². The van der Waals surface area contributed by atoms with Crippen molar-refractivity contribution < 1.29 is 34.8 Å². The topological polar surface area (TPSA) is 190 Å². The van der Waals surface area contributed by atoms with Gasteiger partial charge in [-0.15, -0.1) is 0 Å². The number of ketones is 2. The van der Waals surface area contributed by atoms with Gasteiger partial charge in [0.15, 0.2) is 11.6 Å². The molecule has 1 unspecified atom stereocenters. The number of hydrogen-bond donors (Lipinski definition) is 6. The first-order valence-electron chi connectivity index (χ1n) is 13.1. The molecular weight excluding hydrogens is 530 g/mol. The molecule has 0 radical (unpaired) electrons. The number of hydrogen-bond acceptors (Lipinski definition) is 11. The Morgan fingerprint density at radius 1 is 1.15 bits per heavy atom. The second-order valence-corrected chi connectivity index (χ2v) is 10.8. The molecule has 1 aromatic heterocycles. The fourth-order valence-electron chi connectivity index (χ4n) is 5.71. The van der Waals surface area contributed by atoms with Crippen LogP contribution in [0.3, 0.4) is 0 Å². The van der Waals surface area contributed by atoms with Crippen molar-refractivity contribution >= 4 is 34.6 Å². The van der Waals surface area contributed by atoms with E-state index in [0.717, 1.165) is 5.56 Å². The molecule has 1 amide bonds. The Kier molecular flexibility index (Phi) is 8.36. The van der Waals surface area contributed by atoms with E-state index in [1.165, 1.54) is 4.90 Å². The Morgan fingerprint density at radius 2 is 1.85 bits per heavy atom. The van der Waals surface area contributed by atoms with E-state index in [1.807, 2.05) is 11.0 Å². The molecule has 3 atom stereocenters. The number of phenols is 1. The number of nitrogens with two attached hydrogens (primary N) is 1. The van der Waals surface area contributed by atoms with E-state index in [1.54, 1.807) is 52.7 Å². The van der Waals surface area contributed by atoms with Gasteiger partial charge in [0.05, 0.1) is 29.8 Å². The molecule has 0 spiro atoms. The molecule has 12 heteroatoms. The number of phenolic OH excluding ortho intramolecular Hbond substituents is 1. The third-order valence-corrected chi connectivity index (χ3v) is 7.55. The minimum Gasteiger partial charge on any atom is -0.510 e. The summed E-state index contributed by atoms with van der Waals surface area (Å²) in [5.74, 6) is -5.34. The fourth-order valence-corrected chi connectivity index (χ4v) is 5.71. The summed E-state index contributed by atoms with van der Waals surface area (Å²) in [6.07, 6.45) is 1.16. The molecule has 2 aliphatic rings. The average Bonchev–Trinajstić information content (AvgIpc) is 2.87. The van der Waals surface area contributed by atoms with Crippen molar-refractivity contribution in [2.45, 2.75) is 38.0 Å². The van der Waals surface area contributed by atoms with Gasteiger partial charge in [-0.05, 0) is 56.1 Å². The second-order valence-electron chi connectivity index (χ2n) is 10.8. The van der Waals surface area contributed by atoms with Crippen LogP contribution in [0.25, 0.3) is 5.76 Å². The van der Waals surface area contributed by atoms with Crippen molar-refractivity contribution in [3.63, 3.8) is 0 Å². The summed E-state index contributed by atoms with van der Waals surface area (Å²) in [7, 11) is 6.71. The zero-order valence-electron chi connectivity index (χ0n) is 23.4. The molecule has 4 rings (SSSR count). The zero-order valence-corrected chi connectivity index (χ0v) is 23.4. The number of fused-ring (bicyclic) bond motifs is 2. The molecule has 41 heavy (non-hydrogen) atoms. The van der Waals surface area contributed by atoms with Crippen LogP contribution in [0.4, 0.5) is 11.4 Å². The summed E-state index contributed by atoms with van der Waals surface area (Å²) in [6.45, 7) is 0.324. The zero-order chi connectivity index (χ0) is 30.2. The lowest BCUT2D eigenvalue weighted by Gasteiger charge is -2.36. The number of nitrogens with one attached hydrogen (secondary N) is 1. The maximum atomic E-state index is 13.5. The van der Waals surface area contributed by atoms with Crippen molar-refractivity contribution in [1.29, 1.82) is 0 Å². The molecule has 2 aromatic rings. The number of aliphatic hydroxyl groups excluding tert-OH is 3. The van der Waals surface area contributed by atoms with Crippen LogP contribution in [-0.4, -0.2) is 88.1 Å². The lowest BCUT2D eigenvalue weighted by Crippen LogP contribution is -2.45. The molecule has 12 nitrogen and oxygen atoms in total. The summed E-state index contributed by atoms with van der Waals surface area (Å²) in [4.78, 5) is 46.1. The van der Waals surface area contributed by atoms with Gasteiger partial charge in [-0.25, -0.2) is 0 Å². The van der Waals surface area contributed by atoms with Gasteiger partial charge in [0.1, 0.15) is 22.8 Å². The highest BCUT2D eigenvalue weighted by molar-refractivity contribution is 6.25. The molecule has 1 aromatic carbocycles. The largest absolute Gasteiger partial charge is 0.510 e. The number of rotatable bonds is 6. The highest BCUT2D eigenvalue weighted by Gasteiger charge is 2.42.